The molecule has 4 aromatic carbocycles. The van der Waals surface area contributed by atoms with Crippen LogP contribution >= 0.6 is 0 Å². The molecule has 0 amide bonds. The van der Waals surface area contributed by atoms with Crippen LogP contribution in [-0.2, 0) is 38.1 Å². The second-order valence-corrected chi connectivity index (χ2v) is 15.9. The van der Waals surface area contributed by atoms with Crippen molar-refractivity contribution < 1.29 is 130 Å². The summed E-state index contributed by atoms with van der Waals surface area (Å²) < 4.78 is 88.4. The van der Waals surface area contributed by atoms with Gasteiger partial charge in [0.15, 0.2) is 35.2 Å². The maximum absolute atomic E-state index is 13.4. The summed E-state index contributed by atoms with van der Waals surface area (Å²) in [5, 5.41) is 47.9. The zero-order valence-electron chi connectivity index (χ0n) is 42.6. The van der Waals surface area contributed by atoms with Gasteiger partial charge < -0.3 is 77.6 Å². The van der Waals surface area contributed by atoms with Gasteiger partial charge in [0.05, 0.1) is 35.0 Å². The first kappa shape index (κ1) is 62.4. The molecule has 2 heterocycles. The Kier molecular flexibility index (Phi) is 25.7. The molecule has 398 valence electrons. The van der Waals surface area contributed by atoms with E-state index in [1.54, 1.807) is 79.8 Å². The Balaban J connectivity index is 0.000000383. The molecule has 6 rings (SSSR count). The zero-order chi connectivity index (χ0) is 53.9. The third-order valence-electron chi connectivity index (χ3n) is 10.9. The normalized spacial score (nSPS) is 23.1. The van der Waals surface area contributed by atoms with Crippen molar-refractivity contribution in [1.29, 1.82) is 0 Å². The third-order valence-corrected chi connectivity index (χ3v) is 10.9. The summed E-state index contributed by atoms with van der Waals surface area (Å²) in [6.45, 7) is 4.79. The Labute approximate surface area is 449 Å². The van der Waals surface area contributed by atoms with Crippen LogP contribution < -0.4 is 63.1 Å². The fourth-order valence-corrected chi connectivity index (χ4v) is 7.43. The number of hydrogen-bond acceptors (Lipinski definition) is 19. The number of carbonyl (C=O) groups is 3. The Morgan fingerprint density at radius 1 is 0.568 bits per heavy atom. The molecular weight excluding hydrogens is 990 g/mol. The van der Waals surface area contributed by atoms with E-state index < -0.39 is 85.9 Å². The summed E-state index contributed by atoms with van der Waals surface area (Å²) in [7, 11) is 6.59. The number of benzene rings is 4. The zero-order valence-corrected chi connectivity index (χ0v) is 44.6. The van der Waals surface area contributed by atoms with E-state index in [9.17, 15) is 43.6 Å². The summed E-state index contributed by atoms with van der Waals surface area (Å²) >= 11 is 0. The van der Waals surface area contributed by atoms with E-state index in [4.69, 9.17) is 57.2 Å². The predicted octanol–water partition coefficient (Wildman–Crippen LogP) is 1.49. The van der Waals surface area contributed by atoms with Crippen LogP contribution in [0.25, 0.3) is 24.3 Å². The standard InChI is InChI=1S/C29H33FO10.C22H25FO8.CH3O.Na/c1-7-23-26(36-16(2)31)27(37-17(3)32)28(38-18(4)33)29(39-23)40-25-20(14-22(34-5)15-24(25)35-6)11-8-19-9-12-21(30)13-10-19;1-28-15-9-13(6-3-12-4-7-14(23)8-5-12)21(16(10-15)29-2)31-22-20(27)19(26)18(25)17(11-24)30-22;1-2;/h8-15,23,26-29H,7H2,1-6H3;3-10,17-20,22,24-27H,11H2,1-2H3;1H3;/q;;-1;+1/b11-8+;6-3+;;/t23-,26-,27+,28-,29?;17-,18-,19+,20-,22?;;/m11../s1. The van der Waals surface area contributed by atoms with E-state index >= 15 is 0 Å². The molecule has 2 aliphatic heterocycles. The summed E-state index contributed by atoms with van der Waals surface area (Å²) in [6.07, 6.45) is -5.67. The molecule has 2 unspecified atom stereocenters. The molecular formula is C52H61F2NaO19. The van der Waals surface area contributed by atoms with Crippen molar-refractivity contribution in [3.05, 3.63) is 107 Å². The Bertz CT molecular complexity index is 2470. The average Bonchev–Trinajstić information content (AvgIpc) is 3.38. The summed E-state index contributed by atoms with van der Waals surface area (Å²) in [6, 6.07) is 18.2. The first-order valence-corrected chi connectivity index (χ1v) is 22.5. The molecule has 2 fully saturated rings. The predicted molar refractivity (Wildman–Crippen MR) is 256 cm³/mol. The monoisotopic (exact) mass is 1050 g/mol. The van der Waals surface area contributed by atoms with Gasteiger partial charge in [-0.05, 0) is 53.9 Å². The minimum Gasteiger partial charge on any atom is -0.857 e. The van der Waals surface area contributed by atoms with E-state index in [0.717, 1.165) is 12.7 Å². The van der Waals surface area contributed by atoms with Crippen LogP contribution in [0.2, 0.25) is 0 Å². The largest absolute Gasteiger partial charge is 1.00 e. The van der Waals surface area contributed by atoms with Gasteiger partial charge in [0.1, 0.15) is 53.7 Å². The molecule has 0 saturated carbocycles. The van der Waals surface area contributed by atoms with Crippen LogP contribution in [0.5, 0.6) is 34.5 Å². The van der Waals surface area contributed by atoms with Crippen LogP contribution in [0.1, 0.15) is 56.4 Å². The SMILES string of the molecule is CC[C@H]1OC(Oc2c(/C=C/c3ccc(F)cc3)cc(OC)cc2OC)[C@H](OC(C)=O)[C@@H](OC(C)=O)[C@@H]1OC(C)=O.COc1cc(/C=C/c2ccc(F)cc2)c(OC2O[C@H](CO)[C@@H](O)[C@H](O)[C@H]2O)c(OC)c1.C[O-].[Na+]. The number of aliphatic hydroxyl groups is 4. The van der Waals surface area contributed by atoms with Gasteiger partial charge in [-0.15, -0.1) is 0 Å². The molecule has 0 spiro atoms. The first-order valence-electron chi connectivity index (χ1n) is 22.5. The number of ether oxygens (including phenoxy) is 11. The van der Waals surface area contributed by atoms with Crippen molar-refractivity contribution in [3.8, 4) is 34.5 Å². The molecule has 0 aromatic heterocycles. The second-order valence-electron chi connectivity index (χ2n) is 15.9. The van der Waals surface area contributed by atoms with Gasteiger partial charge in [-0.2, -0.15) is 7.11 Å². The molecule has 0 radical (unpaired) electrons. The number of esters is 3. The fourth-order valence-electron chi connectivity index (χ4n) is 7.43. The molecule has 0 bridgehead atoms. The van der Waals surface area contributed by atoms with Crippen LogP contribution in [0, 0.1) is 11.6 Å². The topological polar surface area (TPSA) is 257 Å². The van der Waals surface area contributed by atoms with Crippen LogP contribution in [-0.4, -0.2) is 142 Å². The van der Waals surface area contributed by atoms with Crippen molar-refractivity contribution in [3.63, 3.8) is 0 Å². The van der Waals surface area contributed by atoms with Gasteiger partial charge in [0, 0.05) is 44.0 Å². The van der Waals surface area contributed by atoms with E-state index in [0.29, 0.717) is 34.6 Å². The number of methoxy groups -OCH3 is 4. The molecule has 4 aromatic rings. The number of aliphatic hydroxyl groups excluding tert-OH is 4. The molecule has 10 atom stereocenters. The molecule has 4 N–H and O–H groups in total. The molecule has 2 aliphatic rings. The quantitative estimate of drug-likeness (QED) is 0.0506. The Hall–Kier alpha value is -5.85. The number of carbonyl (C=O) groups excluding carboxylic acids is 3. The van der Waals surface area contributed by atoms with Gasteiger partial charge >= 0.3 is 47.5 Å². The molecule has 19 nitrogen and oxygen atoms in total. The average molecular weight is 1050 g/mol. The van der Waals surface area contributed by atoms with E-state index in [1.807, 2.05) is 0 Å². The van der Waals surface area contributed by atoms with Crippen LogP contribution in [0.3, 0.4) is 0 Å². The van der Waals surface area contributed by atoms with Gasteiger partial charge in [-0.25, -0.2) is 8.78 Å². The van der Waals surface area contributed by atoms with Crippen molar-refractivity contribution in [2.75, 3.05) is 42.2 Å². The van der Waals surface area contributed by atoms with Crippen molar-refractivity contribution in [2.24, 2.45) is 0 Å². The van der Waals surface area contributed by atoms with E-state index in [2.05, 4.69) is 0 Å². The number of halogens is 2. The van der Waals surface area contributed by atoms with Crippen LogP contribution in [0.4, 0.5) is 8.78 Å². The minimum atomic E-state index is -1.58. The van der Waals surface area contributed by atoms with Gasteiger partial charge in [-0.1, -0.05) is 55.5 Å². The molecule has 22 heteroatoms. The first-order chi connectivity index (χ1) is 34.9. The van der Waals surface area contributed by atoms with Gasteiger partial charge in [-0.3, -0.25) is 14.4 Å². The second kappa shape index (κ2) is 30.5. The van der Waals surface area contributed by atoms with Crippen molar-refractivity contribution in [2.45, 2.75) is 95.5 Å². The molecule has 2 saturated heterocycles. The van der Waals surface area contributed by atoms with E-state index in [-0.39, 0.29) is 64.2 Å². The summed E-state index contributed by atoms with van der Waals surface area (Å²) in [5.41, 5.74) is 2.41. The Morgan fingerprint density at radius 2 is 0.973 bits per heavy atom. The molecule has 74 heavy (non-hydrogen) atoms. The Morgan fingerprint density at radius 3 is 1.36 bits per heavy atom. The fraction of sp³-hybridized carbons (Fsp3) is 0.404. The molecule has 0 aliphatic carbocycles. The summed E-state index contributed by atoms with van der Waals surface area (Å²) in [5.74, 6) is -0.902. The van der Waals surface area contributed by atoms with E-state index in [1.165, 1.54) is 73.5 Å². The van der Waals surface area contributed by atoms with Crippen LogP contribution in [0.15, 0.2) is 72.8 Å². The maximum atomic E-state index is 13.4. The maximum Gasteiger partial charge on any atom is 1.00 e. The number of rotatable bonds is 17. The summed E-state index contributed by atoms with van der Waals surface area (Å²) in [4.78, 5) is 36.1. The number of hydrogen-bond donors (Lipinski definition) is 4. The van der Waals surface area contributed by atoms with Crippen molar-refractivity contribution in [1.82, 2.24) is 0 Å². The van der Waals surface area contributed by atoms with Gasteiger partial charge in [0.25, 0.3) is 0 Å². The van der Waals surface area contributed by atoms with Crippen molar-refractivity contribution >= 4 is 42.2 Å². The smallest absolute Gasteiger partial charge is 0.857 e. The van der Waals surface area contributed by atoms with Gasteiger partial charge in [0.2, 0.25) is 18.7 Å². The minimum absolute atomic E-state index is 0. The third kappa shape index (κ3) is 17.1.